The Morgan fingerprint density at radius 2 is 0.962 bits per heavy atom. The molecule has 0 fully saturated rings. The summed E-state index contributed by atoms with van der Waals surface area (Å²) in [6.07, 6.45) is 13.1. The van der Waals surface area contributed by atoms with Crippen LogP contribution in [0, 0.1) is 11.3 Å². The lowest BCUT2D eigenvalue weighted by molar-refractivity contribution is -0.135. The summed E-state index contributed by atoms with van der Waals surface area (Å²) in [4.78, 5) is 0. The number of hydrogen-bond donors (Lipinski definition) is 0. The second-order valence-corrected chi connectivity index (χ2v) is 9.25. The number of halogens is 3. The molecule has 0 radical (unpaired) electrons. The first-order valence-electron chi connectivity index (χ1n) is 11.2. The van der Waals surface area contributed by atoms with Crippen molar-refractivity contribution in [1.82, 2.24) is 0 Å². The zero-order chi connectivity index (χ0) is 19.9. The van der Waals surface area contributed by atoms with E-state index in [0.29, 0.717) is 11.8 Å². The standard InChI is InChI=1S/C23H45F3/c1-5-6-7-8-12-15-18-21(22(2,3)4)19-16-13-10-9-11-14-17-20-23(24,25)26/h21H,5-20H2,1-4H3. The molecule has 0 bridgehead atoms. The van der Waals surface area contributed by atoms with Crippen LogP contribution in [0.5, 0.6) is 0 Å². The van der Waals surface area contributed by atoms with Gasteiger partial charge in [0.1, 0.15) is 0 Å². The lowest BCUT2D eigenvalue weighted by atomic mass is 9.75. The first-order valence-corrected chi connectivity index (χ1v) is 11.2. The largest absolute Gasteiger partial charge is 0.389 e. The van der Waals surface area contributed by atoms with Crippen molar-refractivity contribution in [2.45, 2.75) is 137 Å². The topological polar surface area (TPSA) is 0 Å². The average molecular weight is 379 g/mol. The Kier molecular flexibility index (Phi) is 14.7. The van der Waals surface area contributed by atoms with Gasteiger partial charge in [0.2, 0.25) is 0 Å². The highest BCUT2D eigenvalue weighted by atomic mass is 19.4. The normalized spacial score (nSPS) is 14.0. The summed E-state index contributed by atoms with van der Waals surface area (Å²) < 4.78 is 36.2. The first kappa shape index (κ1) is 25.8. The molecule has 3 heteroatoms. The van der Waals surface area contributed by atoms with E-state index in [1.54, 1.807) is 0 Å². The molecule has 0 rings (SSSR count). The fourth-order valence-corrected chi connectivity index (χ4v) is 3.78. The van der Waals surface area contributed by atoms with Gasteiger partial charge in [-0.1, -0.05) is 105 Å². The van der Waals surface area contributed by atoms with Crippen molar-refractivity contribution in [2.75, 3.05) is 0 Å². The van der Waals surface area contributed by atoms with Gasteiger partial charge in [-0.3, -0.25) is 0 Å². The molecular weight excluding hydrogens is 333 g/mol. The van der Waals surface area contributed by atoms with Crippen LogP contribution in [0.2, 0.25) is 0 Å². The van der Waals surface area contributed by atoms with Crippen molar-refractivity contribution in [3.8, 4) is 0 Å². The Hall–Kier alpha value is -0.210. The van der Waals surface area contributed by atoms with Crippen LogP contribution in [0.4, 0.5) is 13.2 Å². The Balaban J connectivity index is 3.69. The number of hydrogen-bond acceptors (Lipinski definition) is 0. The first-order chi connectivity index (χ1) is 12.2. The Morgan fingerprint density at radius 1 is 0.577 bits per heavy atom. The average Bonchev–Trinajstić information content (AvgIpc) is 2.52. The van der Waals surface area contributed by atoms with Crippen LogP contribution in [0.15, 0.2) is 0 Å². The number of alkyl halides is 3. The maximum Gasteiger partial charge on any atom is 0.389 e. The van der Waals surface area contributed by atoms with Gasteiger partial charge in [0.15, 0.2) is 0 Å². The summed E-state index contributed by atoms with van der Waals surface area (Å²) in [5.41, 5.74) is 0.390. The molecule has 0 saturated heterocycles. The molecule has 0 aromatic heterocycles. The number of unbranched alkanes of at least 4 members (excludes halogenated alkanes) is 11. The highest BCUT2D eigenvalue weighted by molar-refractivity contribution is 4.74. The summed E-state index contributed by atoms with van der Waals surface area (Å²) in [5, 5.41) is 0. The Morgan fingerprint density at radius 3 is 1.35 bits per heavy atom. The van der Waals surface area contributed by atoms with E-state index in [1.807, 2.05) is 0 Å². The van der Waals surface area contributed by atoms with E-state index in [-0.39, 0.29) is 0 Å². The monoisotopic (exact) mass is 378 g/mol. The van der Waals surface area contributed by atoms with Gasteiger partial charge in [0, 0.05) is 6.42 Å². The van der Waals surface area contributed by atoms with Crippen LogP contribution in [-0.2, 0) is 0 Å². The minimum Gasteiger partial charge on any atom is -0.171 e. The molecule has 0 nitrogen and oxygen atoms in total. The second-order valence-electron chi connectivity index (χ2n) is 9.25. The molecule has 0 amide bonds. The van der Waals surface area contributed by atoms with Gasteiger partial charge in [0.05, 0.1) is 0 Å². The van der Waals surface area contributed by atoms with Crippen molar-refractivity contribution >= 4 is 0 Å². The van der Waals surface area contributed by atoms with E-state index < -0.39 is 12.6 Å². The zero-order valence-electron chi connectivity index (χ0n) is 18.0. The minimum absolute atomic E-state index is 0.299. The maximum absolute atomic E-state index is 12.1. The molecular formula is C23H45F3. The van der Waals surface area contributed by atoms with Gasteiger partial charge in [-0.2, -0.15) is 13.2 Å². The predicted octanol–water partition coefficient (Wildman–Crippen LogP) is 9.47. The van der Waals surface area contributed by atoms with Gasteiger partial charge in [-0.05, 0) is 30.6 Å². The van der Waals surface area contributed by atoms with Crippen LogP contribution in [0.25, 0.3) is 0 Å². The molecule has 0 aliphatic heterocycles. The molecule has 1 unspecified atom stereocenters. The summed E-state index contributed by atoms with van der Waals surface area (Å²) in [6.45, 7) is 9.37. The second kappa shape index (κ2) is 14.8. The minimum atomic E-state index is -3.97. The number of rotatable bonds is 16. The van der Waals surface area contributed by atoms with Crippen molar-refractivity contribution in [1.29, 1.82) is 0 Å². The molecule has 1 atom stereocenters. The maximum atomic E-state index is 12.1. The van der Waals surface area contributed by atoms with Crippen LogP contribution < -0.4 is 0 Å². The molecule has 26 heavy (non-hydrogen) atoms. The van der Waals surface area contributed by atoms with E-state index in [1.165, 1.54) is 70.6 Å². The molecule has 0 aromatic carbocycles. The third-order valence-corrected chi connectivity index (χ3v) is 5.64. The summed E-state index contributed by atoms with van der Waals surface area (Å²) >= 11 is 0. The van der Waals surface area contributed by atoms with Gasteiger partial charge >= 0.3 is 6.18 Å². The van der Waals surface area contributed by atoms with E-state index >= 15 is 0 Å². The van der Waals surface area contributed by atoms with Crippen LogP contribution in [0.3, 0.4) is 0 Å². The third kappa shape index (κ3) is 17.2. The molecule has 0 heterocycles. The molecule has 158 valence electrons. The molecule has 0 N–H and O–H groups in total. The quantitative estimate of drug-likeness (QED) is 0.235. The smallest absolute Gasteiger partial charge is 0.171 e. The van der Waals surface area contributed by atoms with Crippen molar-refractivity contribution in [3.05, 3.63) is 0 Å². The molecule has 0 aliphatic carbocycles. The van der Waals surface area contributed by atoms with E-state index in [2.05, 4.69) is 27.7 Å². The van der Waals surface area contributed by atoms with Crippen LogP contribution in [0.1, 0.15) is 130 Å². The van der Waals surface area contributed by atoms with Gasteiger partial charge in [-0.25, -0.2) is 0 Å². The van der Waals surface area contributed by atoms with Crippen molar-refractivity contribution in [3.63, 3.8) is 0 Å². The highest BCUT2D eigenvalue weighted by Gasteiger charge is 2.25. The van der Waals surface area contributed by atoms with Crippen molar-refractivity contribution < 1.29 is 13.2 Å². The summed E-state index contributed by atoms with van der Waals surface area (Å²) in [5.74, 6) is 0.806. The van der Waals surface area contributed by atoms with Crippen LogP contribution >= 0.6 is 0 Å². The fraction of sp³-hybridized carbons (Fsp3) is 1.00. The van der Waals surface area contributed by atoms with Gasteiger partial charge < -0.3 is 0 Å². The molecule has 0 spiro atoms. The lowest BCUT2D eigenvalue weighted by Crippen LogP contribution is -2.20. The van der Waals surface area contributed by atoms with E-state index in [9.17, 15) is 13.2 Å². The highest BCUT2D eigenvalue weighted by Crippen LogP contribution is 2.34. The Bertz CT molecular complexity index is 302. The Labute approximate surface area is 161 Å². The van der Waals surface area contributed by atoms with E-state index in [0.717, 1.165) is 25.2 Å². The summed E-state index contributed by atoms with van der Waals surface area (Å²) in [6, 6.07) is 0. The lowest BCUT2D eigenvalue weighted by Gasteiger charge is -2.31. The third-order valence-electron chi connectivity index (χ3n) is 5.64. The van der Waals surface area contributed by atoms with Crippen molar-refractivity contribution in [2.24, 2.45) is 11.3 Å². The molecule has 0 aliphatic rings. The van der Waals surface area contributed by atoms with Gasteiger partial charge in [0.25, 0.3) is 0 Å². The van der Waals surface area contributed by atoms with Crippen LogP contribution in [-0.4, -0.2) is 6.18 Å². The molecule has 0 aromatic rings. The predicted molar refractivity (Wildman–Crippen MR) is 109 cm³/mol. The fourth-order valence-electron chi connectivity index (χ4n) is 3.78. The van der Waals surface area contributed by atoms with E-state index in [4.69, 9.17) is 0 Å². The molecule has 0 saturated carbocycles. The zero-order valence-corrected chi connectivity index (χ0v) is 18.0. The SMILES string of the molecule is CCCCCCCCC(CCCCCCCCCC(F)(F)F)C(C)(C)C. The summed E-state index contributed by atoms with van der Waals surface area (Å²) in [7, 11) is 0. The van der Waals surface area contributed by atoms with Gasteiger partial charge in [-0.15, -0.1) is 0 Å².